The average molecular weight is 1240 g/mol. The van der Waals surface area contributed by atoms with Crippen LogP contribution in [0.15, 0.2) is 353 Å². The standard InChI is InChI=1S/C90H62F2N2Si/c1-3-61-33-37-63(38-34-61)89(65-41-45-67(91)46-42-65)83-31-19-17-29-77(83)79-53-49-73(59-85(79)89)93(69-21-9-5-10-22-69)71-51-55-87-81(57-71)82-58-72(52-56-88(82)95(87,75-25-13-7-14-26-75)76-27-15-8-16-28-76)94(70-23-11-6-12-24-70)74-50-54-80-78-30-18-20-32-84(78)90(86(80)60-74,66-43-47-68(92)48-44-66)64-39-35-62(4-2)36-40-64/h3-60H,1-2H2. The zero-order chi connectivity index (χ0) is 63.8. The first-order chi connectivity index (χ1) is 46.8. The van der Waals surface area contributed by atoms with Crippen molar-refractivity contribution in [2.45, 2.75) is 10.8 Å². The van der Waals surface area contributed by atoms with Crippen LogP contribution in [-0.4, -0.2) is 8.07 Å². The molecule has 2 aliphatic carbocycles. The van der Waals surface area contributed by atoms with Crippen molar-refractivity contribution in [3.05, 3.63) is 420 Å². The number of anilines is 6. The summed E-state index contributed by atoms with van der Waals surface area (Å²) in [5.74, 6) is -0.561. The van der Waals surface area contributed by atoms with E-state index in [1.165, 1.54) is 31.9 Å². The molecule has 1 heterocycles. The van der Waals surface area contributed by atoms with Crippen molar-refractivity contribution >= 4 is 75.1 Å². The van der Waals surface area contributed by atoms with E-state index in [0.717, 1.165) is 112 Å². The highest BCUT2D eigenvalue weighted by Gasteiger charge is 2.51. The fourth-order valence-electron chi connectivity index (χ4n) is 16.3. The summed E-state index contributed by atoms with van der Waals surface area (Å²) < 4.78 is 30.4. The highest BCUT2D eigenvalue weighted by Crippen LogP contribution is 2.60. The second-order valence-electron chi connectivity index (χ2n) is 25.0. The van der Waals surface area contributed by atoms with Crippen LogP contribution in [0.5, 0.6) is 0 Å². The maximum Gasteiger partial charge on any atom is 0.180 e. The van der Waals surface area contributed by atoms with E-state index >= 15 is 8.78 Å². The zero-order valence-corrected chi connectivity index (χ0v) is 53.1. The van der Waals surface area contributed by atoms with Crippen LogP contribution < -0.4 is 30.5 Å². The summed E-state index contributed by atoms with van der Waals surface area (Å²) in [7, 11) is -3.07. The lowest BCUT2D eigenvalue weighted by molar-refractivity contribution is 0.624. The van der Waals surface area contributed by atoms with Gasteiger partial charge in [0.05, 0.1) is 10.8 Å². The van der Waals surface area contributed by atoms with Crippen molar-refractivity contribution in [3.8, 4) is 33.4 Å². The van der Waals surface area contributed by atoms with Gasteiger partial charge in [0.15, 0.2) is 8.07 Å². The number of benzene rings is 14. The molecular formula is C90H62F2N2Si. The SMILES string of the molecule is C=Cc1ccc(C2(c3ccc(F)cc3)c3ccccc3-c3ccc(N(c4ccccc4)c4ccc5c(c4)-c4cc(N(c6ccccc6)c6ccc7c(c6)C(c6ccc(F)cc6)(c6ccc(C=C)cc6)c6ccccc6-7)ccc4[Si]5(c4ccccc4)c4ccccc4)cc32)cc1. The van der Waals surface area contributed by atoms with Gasteiger partial charge in [-0.2, -0.15) is 0 Å². The van der Waals surface area contributed by atoms with E-state index in [4.69, 9.17) is 0 Å². The molecule has 14 aromatic rings. The van der Waals surface area contributed by atoms with Crippen molar-refractivity contribution in [3.63, 3.8) is 0 Å². The van der Waals surface area contributed by atoms with Crippen LogP contribution in [0, 0.1) is 11.6 Å². The second kappa shape index (κ2) is 22.8. The number of fused-ring (bicyclic) bond motifs is 9. The smallest absolute Gasteiger partial charge is 0.180 e. The van der Waals surface area contributed by atoms with E-state index in [9.17, 15) is 0 Å². The Morgan fingerprint density at radius 1 is 0.263 bits per heavy atom. The number of rotatable bonds is 14. The molecular weight excluding hydrogens is 1180 g/mol. The molecule has 0 saturated heterocycles. The molecule has 17 rings (SSSR count). The van der Waals surface area contributed by atoms with Gasteiger partial charge in [0.25, 0.3) is 0 Å². The van der Waals surface area contributed by atoms with Gasteiger partial charge < -0.3 is 9.80 Å². The Bertz CT molecular complexity index is 4950. The predicted octanol–water partition coefficient (Wildman–Crippen LogP) is 20.3. The Morgan fingerprint density at radius 2 is 0.568 bits per heavy atom. The number of hydrogen-bond acceptors (Lipinski definition) is 2. The molecule has 0 amide bonds. The average Bonchev–Trinajstić information content (AvgIpc) is 1.57. The third-order valence-electron chi connectivity index (χ3n) is 20.3. The van der Waals surface area contributed by atoms with Gasteiger partial charge in [-0.15, -0.1) is 0 Å². The highest BCUT2D eigenvalue weighted by atomic mass is 28.3. The number of para-hydroxylation sites is 2. The van der Waals surface area contributed by atoms with Gasteiger partial charge in [0.2, 0.25) is 0 Å². The van der Waals surface area contributed by atoms with E-state index in [1.807, 2.05) is 36.4 Å². The molecule has 450 valence electrons. The molecule has 0 radical (unpaired) electrons. The zero-order valence-electron chi connectivity index (χ0n) is 52.1. The Morgan fingerprint density at radius 3 is 0.937 bits per heavy atom. The fraction of sp³-hybridized carbons (Fsp3) is 0.0222. The molecule has 5 heteroatoms. The molecule has 3 aliphatic rings. The summed E-state index contributed by atoms with van der Waals surface area (Å²) in [5.41, 5.74) is 22.0. The first-order valence-electron chi connectivity index (χ1n) is 32.4. The Labute approximate surface area is 554 Å². The first kappa shape index (κ1) is 57.2. The monoisotopic (exact) mass is 1240 g/mol. The van der Waals surface area contributed by atoms with Gasteiger partial charge in [-0.25, -0.2) is 8.78 Å². The van der Waals surface area contributed by atoms with Gasteiger partial charge in [-0.1, -0.05) is 268 Å². The molecule has 14 aromatic carbocycles. The fourth-order valence-corrected chi connectivity index (χ4v) is 21.5. The van der Waals surface area contributed by atoms with E-state index in [1.54, 1.807) is 24.3 Å². The van der Waals surface area contributed by atoms with E-state index in [-0.39, 0.29) is 11.6 Å². The van der Waals surface area contributed by atoms with Crippen molar-refractivity contribution in [2.75, 3.05) is 9.80 Å². The maximum atomic E-state index is 15.2. The predicted molar refractivity (Wildman–Crippen MR) is 393 cm³/mol. The van der Waals surface area contributed by atoms with E-state index in [0.29, 0.717) is 0 Å². The lowest BCUT2D eigenvalue weighted by Gasteiger charge is -2.35. The summed E-state index contributed by atoms with van der Waals surface area (Å²) in [6.07, 6.45) is 3.75. The molecule has 2 nitrogen and oxygen atoms in total. The summed E-state index contributed by atoms with van der Waals surface area (Å²) in [5, 5.41) is 5.24. The van der Waals surface area contributed by atoms with Gasteiger partial charge in [-0.3, -0.25) is 0 Å². The summed E-state index contributed by atoms with van der Waals surface area (Å²) in [4.78, 5) is 4.82. The quantitative estimate of drug-likeness (QED) is 0.100. The minimum absolute atomic E-state index is 0.281. The van der Waals surface area contributed by atoms with Crippen molar-refractivity contribution in [2.24, 2.45) is 0 Å². The molecule has 0 saturated carbocycles. The largest absolute Gasteiger partial charge is 0.310 e. The second-order valence-corrected chi connectivity index (χ2v) is 28.7. The van der Waals surface area contributed by atoms with Crippen LogP contribution in [0.4, 0.5) is 42.9 Å². The summed E-state index contributed by atoms with van der Waals surface area (Å²) in [6, 6.07) is 121. The van der Waals surface area contributed by atoms with E-state index in [2.05, 4.69) is 314 Å². The number of halogens is 2. The molecule has 95 heavy (non-hydrogen) atoms. The number of hydrogen-bond donors (Lipinski definition) is 0. The van der Waals surface area contributed by atoms with Crippen LogP contribution in [0.2, 0.25) is 0 Å². The molecule has 0 fully saturated rings. The number of nitrogens with zero attached hydrogens (tertiary/aromatic N) is 2. The Hall–Kier alpha value is -11.8. The molecule has 0 bridgehead atoms. The molecule has 1 aliphatic heterocycles. The van der Waals surface area contributed by atoms with Crippen molar-refractivity contribution in [1.29, 1.82) is 0 Å². The van der Waals surface area contributed by atoms with Gasteiger partial charge >= 0.3 is 0 Å². The van der Waals surface area contributed by atoms with Gasteiger partial charge in [-0.05, 0) is 207 Å². The third-order valence-corrected chi connectivity index (χ3v) is 25.2. The Kier molecular flexibility index (Phi) is 13.7. The van der Waals surface area contributed by atoms with Crippen LogP contribution in [0.1, 0.15) is 55.6 Å². The molecule has 0 spiro atoms. The Balaban J connectivity index is 0.897. The first-order valence-corrected chi connectivity index (χ1v) is 34.4. The maximum absolute atomic E-state index is 15.2. The van der Waals surface area contributed by atoms with Crippen LogP contribution in [0.3, 0.4) is 0 Å². The van der Waals surface area contributed by atoms with E-state index < -0.39 is 18.9 Å². The normalized spacial score (nSPS) is 15.7. The van der Waals surface area contributed by atoms with Crippen LogP contribution in [0.25, 0.3) is 45.5 Å². The molecule has 2 atom stereocenters. The minimum atomic E-state index is -3.07. The molecule has 0 aromatic heterocycles. The van der Waals surface area contributed by atoms with Crippen LogP contribution >= 0.6 is 0 Å². The third kappa shape index (κ3) is 8.73. The molecule has 2 unspecified atom stereocenters. The van der Waals surface area contributed by atoms with Crippen molar-refractivity contribution in [1.82, 2.24) is 0 Å². The summed E-state index contributed by atoms with van der Waals surface area (Å²) >= 11 is 0. The lowest BCUT2D eigenvalue weighted by atomic mass is 9.67. The van der Waals surface area contributed by atoms with Crippen LogP contribution in [-0.2, 0) is 10.8 Å². The topological polar surface area (TPSA) is 6.48 Å². The van der Waals surface area contributed by atoms with Gasteiger partial charge in [0.1, 0.15) is 11.6 Å². The lowest BCUT2D eigenvalue weighted by Crippen LogP contribution is -2.72. The highest BCUT2D eigenvalue weighted by molar-refractivity contribution is 7.22. The van der Waals surface area contributed by atoms with Crippen molar-refractivity contribution < 1.29 is 8.78 Å². The molecule has 0 N–H and O–H groups in total. The minimum Gasteiger partial charge on any atom is -0.310 e. The van der Waals surface area contributed by atoms with Gasteiger partial charge in [0, 0.05) is 34.1 Å². The summed E-state index contributed by atoms with van der Waals surface area (Å²) in [6.45, 7) is 8.20.